The molecule has 0 aromatic rings. The molecule has 2 atom stereocenters. The van der Waals surface area contributed by atoms with Crippen LogP contribution in [0.5, 0.6) is 0 Å². The van der Waals surface area contributed by atoms with Crippen molar-refractivity contribution in [2.45, 2.75) is 50.3 Å². The van der Waals surface area contributed by atoms with Crippen LogP contribution < -0.4 is 5.73 Å². The highest BCUT2D eigenvalue weighted by molar-refractivity contribution is 7.99. The van der Waals surface area contributed by atoms with E-state index in [2.05, 4.69) is 6.92 Å². The fourth-order valence-electron chi connectivity index (χ4n) is 2.29. The zero-order valence-electron chi connectivity index (χ0n) is 10.4. The minimum Gasteiger partial charge on any atom is -0.343 e. The van der Waals surface area contributed by atoms with Gasteiger partial charge in [0, 0.05) is 24.8 Å². The molecule has 1 saturated carbocycles. The van der Waals surface area contributed by atoms with Crippen LogP contribution in [-0.2, 0) is 4.79 Å². The number of hydrogen-bond acceptors (Lipinski definition) is 3. The molecule has 1 aliphatic rings. The van der Waals surface area contributed by atoms with Gasteiger partial charge in [-0.2, -0.15) is 11.8 Å². The Morgan fingerprint density at radius 3 is 2.88 bits per heavy atom. The number of nitrogens with zero attached hydrogens (tertiary/aromatic N) is 1. The van der Waals surface area contributed by atoms with Gasteiger partial charge >= 0.3 is 0 Å². The number of carbonyl (C=O) groups is 1. The van der Waals surface area contributed by atoms with Gasteiger partial charge in [0.15, 0.2) is 0 Å². The van der Waals surface area contributed by atoms with E-state index >= 15 is 0 Å². The number of amides is 1. The quantitative estimate of drug-likeness (QED) is 0.776. The molecule has 2 N–H and O–H groups in total. The number of carbonyl (C=O) groups excluding carboxylic acids is 1. The summed E-state index contributed by atoms with van der Waals surface area (Å²) in [5.41, 5.74) is 5.42. The van der Waals surface area contributed by atoms with E-state index in [0.717, 1.165) is 11.7 Å². The fourth-order valence-corrected chi connectivity index (χ4v) is 3.42. The van der Waals surface area contributed by atoms with Crippen LogP contribution in [0.3, 0.4) is 0 Å². The average Bonchev–Trinajstić information content (AvgIpc) is 2.74. The summed E-state index contributed by atoms with van der Waals surface area (Å²) in [6, 6.07) is 0.467. The third kappa shape index (κ3) is 3.98. The SMILES string of the molecule is CCS[C@@H]1CC[C@H](N(C)C(=O)CCCN)C1. The largest absolute Gasteiger partial charge is 0.343 e. The summed E-state index contributed by atoms with van der Waals surface area (Å²) in [4.78, 5) is 13.8. The van der Waals surface area contributed by atoms with Crippen LogP contribution >= 0.6 is 11.8 Å². The lowest BCUT2D eigenvalue weighted by Gasteiger charge is -2.24. The van der Waals surface area contributed by atoms with Crippen LogP contribution in [0.2, 0.25) is 0 Å². The molecule has 0 saturated heterocycles. The van der Waals surface area contributed by atoms with Crippen molar-refractivity contribution in [1.82, 2.24) is 4.90 Å². The van der Waals surface area contributed by atoms with Crippen molar-refractivity contribution in [3.63, 3.8) is 0 Å². The molecule has 1 amide bonds. The maximum atomic E-state index is 11.8. The highest BCUT2D eigenvalue weighted by atomic mass is 32.2. The van der Waals surface area contributed by atoms with Gasteiger partial charge < -0.3 is 10.6 Å². The van der Waals surface area contributed by atoms with E-state index in [4.69, 9.17) is 5.73 Å². The number of thioether (sulfide) groups is 1. The van der Waals surface area contributed by atoms with E-state index in [1.54, 1.807) is 0 Å². The minimum absolute atomic E-state index is 0.262. The summed E-state index contributed by atoms with van der Waals surface area (Å²) < 4.78 is 0. The molecule has 0 spiro atoms. The summed E-state index contributed by atoms with van der Waals surface area (Å²) in [5.74, 6) is 1.44. The molecule has 1 rings (SSSR count). The standard InChI is InChI=1S/C12H24N2OS/c1-3-16-11-7-6-10(9-11)14(2)12(15)5-4-8-13/h10-11H,3-9,13H2,1-2H3/t10-,11+/m0/s1. The molecular weight excluding hydrogens is 220 g/mol. The smallest absolute Gasteiger partial charge is 0.222 e. The van der Waals surface area contributed by atoms with E-state index in [-0.39, 0.29) is 5.91 Å². The maximum absolute atomic E-state index is 11.8. The second kappa shape index (κ2) is 7.17. The first-order chi connectivity index (χ1) is 7.69. The Hall–Kier alpha value is -0.220. The first-order valence-electron chi connectivity index (χ1n) is 6.26. The van der Waals surface area contributed by atoms with Gasteiger partial charge in [-0.25, -0.2) is 0 Å². The minimum atomic E-state index is 0.262. The third-order valence-electron chi connectivity index (χ3n) is 3.30. The molecule has 3 nitrogen and oxygen atoms in total. The number of rotatable bonds is 6. The third-order valence-corrected chi connectivity index (χ3v) is 4.53. The van der Waals surface area contributed by atoms with Crippen LogP contribution in [0.15, 0.2) is 0 Å². The Balaban J connectivity index is 2.32. The number of hydrogen-bond donors (Lipinski definition) is 1. The molecule has 1 fully saturated rings. The van der Waals surface area contributed by atoms with Crippen molar-refractivity contribution in [1.29, 1.82) is 0 Å². The van der Waals surface area contributed by atoms with Crippen LogP contribution in [0.4, 0.5) is 0 Å². The van der Waals surface area contributed by atoms with Crippen molar-refractivity contribution >= 4 is 17.7 Å². The van der Waals surface area contributed by atoms with E-state index in [0.29, 0.717) is 19.0 Å². The predicted molar refractivity (Wildman–Crippen MR) is 70.6 cm³/mol. The van der Waals surface area contributed by atoms with Crippen molar-refractivity contribution in [3.8, 4) is 0 Å². The Kier molecular flexibility index (Phi) is 6.21. The van der Waals surface area contributed by atoms with Crippen molar-refractivity contribution in [3.05, 3.63) is 0 Å². The molecule has 94 valence electrons. The second-order valence-corrected chi connectivity index (χ2v) is 6.02. The summed E-state index contributed by atoms with van der Waals surface area (Å²) >= 11 is 2.03. The molecule has 0 radical (unpaired) electrons. The van der Waals surface area contributed by atoms with E-state index in [1.165, 1.54) is 25.0 Å². The van der Waals surface area contributed by atoms with E-state index in [9.17, 15) is 4.79 Å². The molecular formula is C12H24N2OS. The Morgan fingerprint density at radius 1 is 1.50 bits per heavy atom. The Morgan fingerprint density at radius 2 is 2.25 bits per heavy atom. The van der Waals surface area contributed by atoms with E-state index in [1.807, 2.05) is 23.7 Å². The maximum Gasteiger partial charge on any atom is 0.222 e. The summed E-state index contributed by atoms with van der Waals surface area (Å²) in [6.45, 7) is 2.81. The van der Waals surface area contributed by atoms with Crippen molar-refractivity contribution in [2.75, 3.05) is 19.3 Å². The monoisotopic (exact) mass is 244 g/mol. The van der Waals surface area contributed by atoms with Gasteiger partial charge in [-0.1, -0.05) is 6.92 Å². The van der Waals surface area contributed by atoms with Crippen molar-refractivity contribution < 1.29 is 4.79 Å². The molecule has 4 heteroatoms. The van der Waals surface area contributed by atoms with Gasteiger partial charge in [-0.3, -0.25) is 4.79 Å². The normalized spacial score (nSPS) is 24.7. The molecule has 16 heavy (non-hydrogen) atoms. The number of nitrogens with two attached hydrogens (primary N) is 1. The zero-order valence-corrected chi connectivity index (χ0v) is 11.3. The van der Waals surface area contributed by atoms with Gasteiger partial charge in [-0.15, -0.1) is 0 Å². The highest BCUT2D eigenvalue weighted by Gasteiger charge is 2.29. The van der Waals surface area contributed by atoms with Crippen LogP contribution in [0.1, 0.15) is 39.0 Å². The average molecular weight is 244 g/mol. The van der Waals surface area contributed by atoms with Crippen LogP contribution in [-0.4, -0.2) is 41.4 Å². The van der Waals surface area contributed by atoms with Gasteiger partial charge in [0.25, 0.3) is 0 Å². The first-order valence-corrected chi connectivity index (χ1v) is 7.31. The highest BCUT2D eigenvalue weighted by Crippen LogP contribution is 2.32. The Bertz CT molecular complexity index is 223. The lowest BCUT2D eigenvalue weighted by Crippen LogP contribution is -2.35. The molecule has 0 heterocycles. The van der Waals surface area contributed by atoms with Gasteiger partial charge in [0.1, 0.15) is 0 Å². The van der Waals surface area contributed by atoms with E-state index < -0.39 is 0 Å². The lowest BCUT2D eigenvalue weighted by molar-refractivity contribution is -0.131. The van der Waals surface area contributed by atoms with Crippen LogP contribution in [0, 0.1) is 0 Å². The first kappa shape index (κ1) is 13.8. The van der Waals surface area contributed by atoms with Gasteiger partial charge in [0.05, 0.1) is 0 Å². The lowest BCUT2D eigenvalue weighted by atomic mass is 10.2. The summed E-state index contributed by atoms with van der Waals surface area (Å²) in [5, 5.41) is 0.764. The molecule has 0 unspecified atom stereocenters. The molecule has 0 aromatic heterocycles. The van der Waals surface area contributed by atoms with Gasteiger partial charge in [0.2, 0.25) is 5.91 Å². The molecule has 0 aromatic carbocycles. The molecule has 0 bridgehead atoms. The molecule has 0 aliphatic heterocycles. The summed E-state index contributed by atoms with van der Waals surface area (Å²) in [6.07, 6.45) is 5.02. The fraction of sp³-hybridized carbons (Fsp3) is 0.917. The van der Waals surface area contributed by atoms with Crippen LogP contribution in [0.25, 0.3) is 0 Å². The summed E-state index contributed by atoms with van der Waals surface area (Å²) in [7, 11) is 1.95. The topological polar surface area (TPSA) is 46.3 Å². The van der Waals surface area contributed by atoms with Crippen molar-refractivity contribution in [2.24, 2.45) is 5.73 Å². The molecule has 1 aliphatic carbocycles. The predicted octanol–water partition coefficient (Wildman–Crippen LogP) is 1.86. The Labute approximate surface area is 103 Å². The van der Waals surface area contributed by atoms with Gasteiger partial charge in [-0.05, 0) is 38.0 Å². The zero-order chi connectivity index (χ0) is 12.0. The second-order valence-electron chi connectivity index (χ2n) is 4.44.